The summed E-state index contributed by atoms with van der Waals surface area (Å²) in [6.07, 6.45) is 0. The van der Waals surface area contributed by atoms with Crippen LogP contribution in [0.25, 0.3) is 11.3 Å². The summed E-state index contributed by atoms with van der Waals surface area (Å²) in [5.41, 5.74) is 3.22. The lowest BCUT2D eigenvalue weighted by atomic mass is 10.1. The molecule has 2 amide bonds. The molecule has 0 aliphatic carbocycles. The number of carbonyl (C=O) groups is 2. The molecule has 0 unspecified atom stereocenters. The summed E-state index contributed by atoms with van der Waals surface area (Å²) >= 11 is 5.88. The van der Waals surface area contributed by atoms with E-state index in [9.17, 15) is 9.59 Å². The number of benzene rings is 2. The molecule has 0 radical (unpaired) electrons. The molecule has 6 nitrogen and oxygen atoms in total. The van der Waals surface area contributed by atoms with E-state index < -0.39 is 0 Å². The van der Waals surface area contributed by atoms with Crippen LogP contribution in [0.4, 0.5) is 5.82 Å². The molecule has 0 saturated heterocycles. The number of aromatic nitrogens is 2. The largest absolute Gasteiger partial charge is 0.325 e. The molecule has 29 heavy (non-hydrogen) atoms. The van der Waals surface area contributed by atoms with Crippen molar-refractivity contribution in [1.82, 2.24) is 15.1 Å². The van der Waals surface area contributed by atoms with Gasteiger partial charge < -0.3 is 10.6 Å². The fourth-order valence-electron chi connectivity index (χ4n) is 2.62. The number of nitrogens with one attached hydrogen (secondary N) is 2. The van der Waals surface area contributed by atoms with Gasteiger partial charge in [-0.1, -0.05) is 41.9 Å². The number of anilines is 1. The van der Waals surface area contributed by atoms with E-state index in [0.717, 1.165) is 5.56 Å². The van der Waals surface area contributed by atoms with Crippen LogP contribution in [0.5, 0.6) is 0 Å². The summed E-state index contributed by atoms with van der Waals surface area (Å²) in [5.74, 6) is 0.144. The molecule has 3 rings (SSSR count). The van der Waals surface area contributed by atoms with Gasteiger partial charge in [0.25, 0.3) is 11.8 Å². The van der Waals surface area contributed by atoms with Crippen molar-refractivity contribution < 1.29 is 9.59 Å². The van der Waals surface area contributed by atoms with Crippen LogP contribution in [0.2, 0.25) is 0 Å². The third kappa shape index (κ3) is 4.92. The highest BCUT2D eigenvalue weighted by molar-refractivity contribution is 6.29. The molecule has 0 atom stereocenters. The number of carbonyl (C=O) groups excluding carboxylic acids is 2. The van der Waals surface area contributed by atoms with E-state index in [0.29, 0.717) is 33.4 Å². The molecule has 1 heterocycles. The standard InChI is InChI=1S/C22H21ClN4O2/c1-14(23)15(2)24-21(28)18-11-9-16(10-12-18)19-13-20(27(3)26-19)25-22(29)17-7-5-4-6-8-17/h4-13H,1-3H3,(H,24,28)(H,25,29)/b15-14-. The Kier molecular flexibility index (Phi) is 6.14. The Morgan fingerprint density at radius 3 is 2.17 bits per heavy atom. The van der Waals surface area contributed by atoms with E-state index in [1.165, 1.54) is 0 Å². The van der Waals surface area contributed by atoms with Crippen LogP contribution in [-0.4, -0.2) is 21.6 Å². The van der Waals surface area contributed by atoms with Gasteiger partial charge in [-0.15, -0.1) is 0 Å². The molecular formula is C22H21ClN4O2. The van der Waals surface area contributed by atoms with Crippen molar-refractivity contribution in [2.24, 2.45) is 7.05 Å². The van der Waals surface area contributed by atoms with Gasteiger partial charge in [0, 0.05) is 40.5 Å². The quantitative estimate of drug-likeness (QED) is 0.649. The molecule has 148 valence electrons. The van der Waals surface area contributed by atoms with Gasteiger partial charge >= 0.3 is 0 Å². The highest BCUT2D eigenvalue weighted by atomic mass is 35.5. The Hall–Kier alpha value is -3.38. The summed E-state index contributed by atoms with van der Waals surface area (Å²) in [6.45, 7) is 3.46. The lowest BCUT2D eigenvalue weighted by molar-refractivity contribution is 0.0964. The van der Waals surface area contributed by atoms with Crippen molar-refractivity contribution in [3.05, 3.63) is 82.5 Å². The first kappa shape index (κ1) is 20.4. The normalized spacial score (nSPS) is 11.6. The van der Waals surface area contributed by atoms with E-state index in [1.54, 1.807) is 55.9 Å². The van der Waals surface area contributed by atoms with Gasteiger partial charge in [-0.25, -0.2) is 0 Å². The zero-order chi connectivity index (χ0) is 21.0. The summed E-state index contributed by atoms with van der Waals surface area (Å²) in [4.78, 5) is 24.6. The Morgan fingerprint density at radius 1 is 0.931 bits per heavy atom. The average molecular weight is 409 g/mol. The first-order valence-corrected chi connectivity index (χ1v) is 9.38. The van der Waals surface area contributed by atoms with E-state index in [4.69, 9.17) is 11.6 Å². The molecule has 2 N–H and O–H groups in total. The molecule has 0 spiro atoms. The number of allylic oxidation sites excluding steroid dienone is 2. The van der Waals surface area contributed by atoms with Crippen LogP contribution in [0.3, 0.4) is 0 Å². The minimum atomic E-state index is -0.231. The van der Waals surface area contributed by atoms with Gasteiger partial charge in [0.2, 0.25) is 0 Å². The summed E-state index contributed by atoms with van der Waals surface area (Å²) in [7, 11) is 1.76. The molecule has 0 bridgehead atoms. The van der Waals surface area contributed by atoms with Crippen LogP contribution in [0.15, 0.2) is 71.4 Å². The molecule has 0 aliphatic heterocycles. The maximum absolute atomic E-state index is 12.4. The summed E-state index contributed by atoms with van der Waals surface area (Å²) < 4.78 is 1.61. The minimum absolute atomic E-state index is 0.204. The Bertz CT molecular complexity index is 1070. The second-order valence-corrected chi connectivity index (χ2v) is 7.12. The van der Waals surface area contributed by atoms with Crippen molar-refractivity contribution in [3.8, 4) is 11.3 Å². The molecule has 3 aromatic rings. The monoisotopic (exact) mass is 408 g/mol. The third-order valence-corrected chi connectivity index (χ3v) is 4.70. The van der Waals surface area contributed by atoms with Crippen molar-refractivity contribution >= 4 is 29.2 Å². The number of hydrogen-bond donors (Lipinski definition) is 2. The van der Waals surface area contributed by atoms with Gasteiger partial charge in [0.1, 0.15) is 5.82 Å². The Morgan fingerprint density at radius 2 is 1.55 bits per heavy atom. The second kappa shape index (κ2) is 8.75. The third-order valence-electron chi connectivity index (χ3n) is 4.42. The average Bonchev–Trinajstić information content (AvgIpc) is 3.08. The van der Waals surface area contributed by atoms with E-state index in [2.05, 4.69) is 15.7 Å². The van der Waals surface area contributed by atoms with Gasteiger partial charge in [0.15, 0.2) is 0 Å². The zero-order valence-electron chi connectivity index (χ0n) is 16.4. The molecule has 0 saturated carbocycles. The second-order valence-electron chi connectivity index (χ2n) is 6.55. The first-order chi connectivity index (χ1) is 13.8. The first-order valence-electron chi connectivity index (χ1n) is 9.00. The van der Waals surface area contributed by atoms with Crippen molar-refractivity contribution in [2.45, 2.75) is 13.8 Å². The predicted octanol–water partition coefficient (Wildman–Crippen LogP) is 4.56. The van der Waals surface area contributed by atoms with E-state index >= 15 is 0 Å². The smallest absolute Gasteiger partial charge is 0.256 e. The topological polar surface area (TPSA) is 76.0 Å². The number of rotatable bonds is 5. The minimum Gasteiger partial charge on any atom is -0.325 e. The predicted molar refractivity (Wildman–Crippen MR) is 115 cm³/mol. The lowest BCUT2D eigenvalue weighted by Gasteiger charge is -2.06. The highest BCUT2D eigenvalue weighted by Crippen LogP contribution is 2.22. The molecule has 7 heteroatoms. The Labute approximate surface area is 174 Å². The van der Waals surface area contributed by atoms with Crippen molar-refractivity contribution in [1.29, 1.82) is 0 Å². The van der Waals surface area contributed by atoms with Gasteiger partial charge in [-0.2, -0.15) is 5.10 Å². The van der Waals surface area contributed by atoms with Crippen LogP contribution < -0.4 is 10.6 Å². The van der Waals surface area contributed by atoms with Crippen LogP contribution in [0.1, 0.15) is 34.6 Å². The number of aryl methyl sites for hydroxylation is 1. The van der Waals surface area contributed by atoms with Gasteiger partial charge in [-0.3, -0.25) is 14.3 Å². The van der Waals surface area contributed by atoms with E-state index in [1.807, 2.05) is 30.3 Å². The van der Waals surface area contributed by atoms with Crippen LogP contribution >= 0.6 is 11.6 Å². The van der Waals surface area contributed by atoms with Crippen LogP contribution in [0, 0.1) is 0 Å². The molecule has 0 aliphatic rings. The Balaban J connectivity index is 1.75. The molecule has 1 aromatic heterocycles. The fraction of sp³-hybridized carbons (Fsp3) is 0.136. The number of nitrogens with zero attached hydrogens (tertiary/aromatic N) is 2. The lowest BCUT2D eigenvalue weighted by Crippen LogP contribution is -2.21. The fourth-order valence-corrected chi connectivity index (χ4v) is 2.67. The summed E-state index contributed by atoms with van der Waals surface area (Å²) in [5, 5.41) is 10.6. The van der Waals surface area contributed by atoms with Gasteiger partial charge in [0.05, 0.1) is 5.69 Å². The zero-order valence-corrected chi connectivity index (χ0v) is 17.1. The van der Waals surface area contributed by atoms with Crippen molar-refractivity contribution in [2.75, 3.05) is 5.32 Å². The summed E-state index contributed by atoms with van der Waals surface area (Å²) in [6, 6.07) is 17.8. The number of hydrogen-bond acceptors (Lipinski definition) is 3. The van der Waals surface area contributed by atoms with Gasteiger partial charge in [-0.05, 0) is 38.1 Å². The maximum atomic E-state index is 12.4. The number of amides is 2. The SMILES string of the molecule is C/C(Cl)=C(\C)NC(=O)c1ccc(-c2cc(NC(=O)c3ccccc3)n(C)n2)cc1. The molecule has 2 aromatic carbocycles. The van der Waals surface area contributed by atoms with Crippen LogP contribution in [-0.2, 0) is 7.05 Å². The molecule has 0 fully saturated rings. The van der Waals surface area contributed by atoms with Crippen molar-refractivity contribution in [3.63, 3.8) is 0 Å². The maximum Gasteiger partial charge on any atom is 0.256 e. The number of halogens is 1. The van der Waals surface area contributed by atoms with E-state index in [-0.39, 0.29) is 11.8 Å². The highest BCUT2D eigenvalue weighted by Gasteiger charge is 2.13. The molecular weight excluding hydrogens is 388 g/mol.